The monoisotopic (exact) mass is 467 g/mol. The van der Waals surface area contributed by atoms with Crippen LogP contribution in [0.25, 0.3) is 11.5 Å². The van der Waals surface area contributed by atoms with Gasteiger partial charge in [0.05, 0.1) is 24.9 Å². The summed E-state index contributed by atoms with van der Waals surface area (Å²) in [6, 6.07) is 3.61. The molecule has 2 aliphatic rings. The zero-order chi connectivity index (χ0) is 23.3. The summed E-state index contributed by atoms with van der Waals surface area (Å²) in [4.78, 5) is 34.4. The summed E-state index contributed by atoms with van der Waals surface area (Å²) in [6.45, 7) is 2.85. The highest BCUT2D eigenvalue weighted by atomic mass is 16.5. The number of carbonyl (C=O) groups is 2. The van der Waals surface area contributed by atoms with Gasteiger partial charge in [0, 0.05) is 44.3 Å². The van der Waals surface area contributed by atoms with Gasteiger partial charge in [0.15, 0.2) is 11.4 Å². The summed E-state index contributed by atoms with van der Waals surface area (Å²) in [6.07, 6.45) is 6.15. The Hall–Kier alpha value is -3.77. The molecule has 2 aliphatic heterocycles. The third-order valence-electron chi connectivity index (χ3n) is 5.59. The van der Waals surface area contributed by atoms with Crippen molar-refractivity contribution in [2.45, 2.75) is 18.9 Å². The van der Waals surface area contributed by atoms with Gasteiger partial charge < -0.3 is 29.8 Å². The first-order chi connectivity index (χ1) is 16.7. The Balaban J connectivity index is 1.44. The van der Waals surface area contributed by atoms with Crippen molar-refractivity contribution in [1.29, 1.82) is 0 Å². The van der Waals surface area contributed by atoms with Crippen molar-refractivity contribution in [1.82, 2.24) is 25.1 Å². The Labute approximate surface area is 195 Å². The number of nitrogens with zero attached hydrogens (tertiary/aromatic N) is 4. The number of rotatable bonds is 1. The Kier molecular flexibility index (Phi) is 6.49. The van der Waals surface area contributed by atoms with Crippen LogP contribution in [0.3, 0.4) is 0 Å². The minimum atomic E-state index is -0.507. The van der Waals surface area contributed by atoms with E-state index in [1.54, 1.807) is 29.2 Å². The van der Waals surface area contributed by atoms with Crippen LogP contribution in [-0.2, 0) is 9.47 Å². The van der Waals surface area contributed by atoms with E-state index in [0.717, 1.165) is 12.8 Å². The summed E-state index contributed by atoms with van der Waals surface area (Å²) in [7, 11) is 0. The molecule has 3 N–H and O–H groups in total. The fraction of sp³-hybridized carbons (Fsp3) is 0.409. The predicted octanol–water partition coefficient (Wildman–Crippen LogP) is 1.71. The molecule has 0 unspecified atom stereocenters. The molecular formula is C22H25N7O5. The van der Waals surface area contributed by atoms with E-state index in [9.17, 15) is 9.59 Å². The standard InChI is InChI=1S/C22H25N7O5/c30-20-17-13-34-22(27-17)14-1-4-23-18(11-14)24-5-9-33-10-6-25-21(31)19-16(26-20)12-29(28-19)15-2-7-32-8-3-15/h1,4,11-13,15H,2-3,5-10H2,(H,23,24)(H,25,31)(H,26,30). The van der Waals surface area contributed by atoms with E-state index in [-0.39, 0.29) is 23.3 Å². The molecule has 0 aliphatic carbocycles. The quantitative estimate of drug-likeness (QED) is 0.487. The molecule has 5 heterocycles. The van der Waals surface area contributed by atoms with Crippen molar-refractivity contribution in [2.24, 2.45) is 0 Å². The van der Waals surface area contributed by atoms with Crippen LogP contribution >= 0.6 is 0 Å². The number of carbonyl (C=O) groups excluding carboxylic acids is 2. The van der Waals surface area contributed by atoms with Crippen LogP contribution in [0.2, 0.25) is 0 Å². The lowest BCUT2D eigenvalue weighted by Crippen LogP contribution is -2.29. The minimum absolute atomic E-state index is 0.0843. The second kappa shape index (κ2) is 10.0. The molecule has 34 heavy (non-hydrogen) atoms. The SMILES string of the molecule is O=C1Nc2cn(C3CCOCC3)nc2C(=O)NCCOCCNc2cc(ccn2)-c2nc1co2. The molecule has 3 aromatic heterocycles. The molecule has 4 bridgehead atoms. The molecule has 0 saturated carbocycles. The van der Waals surface area contributed by atoms with Crippen molar-refractivity contribution < 1.29 is 23.5 Å². The topological polar surface area (TPSA) is 145 Å². The number of amides is 2. The van der Waals surface area contributed by atoms with Crippen LogP contribution in [0.15, 0.2) is 35.2 Å². The fourth-order valence-corrected chi connectivity index (χ4v) is 3.82. The van der Waals surface area contributed by atoms with E-state index in [2.05, 4.69) is 31.0 Å². The van der Waals surface area contributed by atoms with Crippen LogP contribution in [0.1, 0.15) is 39.9 Å². The fourth-order valence-electron chi connectivity index (χ4n) is 3.82. The number of anilines is 2. The lowest BCUT2D eigenvalue weighted by molar-refractivity contribution is 0.0660. The molecular weight excluding hydrogens is 442 g/mol. The third-order valence-corrected chi connectivity index (χ3v) is 5.59. The van der Waals surface area contributed by atoms with Crippen LogP contribution in [0.5, 0.6) is 0 Å². The maximum Gasteiger partial charge on any atom is 0.277 e. The largest absolute Gasteiger partial charge is 0.444 e. The maximum absolute atomic E-state index is 12.9. The van der Waals surface area contributed by atoms with Gasteiger partial charge in [-0.2, -0.15) is 5.10 Å². The van der Waals surface area contributed by atoms with Crippen LogP contribution < -0.4 is 16.0 Å². The number of nitrogens with one attached hydrogen (secondary N) is 3. The molecule has 0 aromatic carbocycles. The van der Waals surface area contributed by atoms with Gasteiger partial charge in [0.1, 0.15) is 12.1 Å². The number of hydrogen-bond donors (Lipinski definition) is 3. The molecule has 5 rings (SSSR count). The molecule has 2 amide bonds. The first-order valence-electron chi connectivity index (χ1n) is 11.2. The van der Waals surface area contributed by atoms with Gasteiger partial charge in [0.2, 0.25) is 5.89 Å². The average Bonchev–Trinajstić information content (AvgIpc) is 3.52. The van der Waals surface area contributed by atoms with Crippen LogP contribution in [0, 0.1) is 0 Å². The maximum atomic E-state index is 12.9. The second-order valence-corrected chi connectivity index (χ2v) is 7.93. The van der Waals surface area contributed by atoms with E-state index in [4.69, 9.17) is 13.9 Å². The molecule has 0 radical (unpaired) electrons. The third kappa shape index (κ3) is 4.92. The molecule has 0 atom stereocenters. The van der Waals surface area contributed by atoms with E-state index >= 15 is 0 Å². The Morgan fingerprint density at radius 1 is 1.00 bits per heavy atom. The summed E-state index contributed by atoms with van der Waals surface area (Å²) < 4.78 is 18.3. The van der Waals surface area contributed by atoms with Gasteiger partial charge in [-0.05, 0) is 25.0 Å². The second-order valence-electron chi connectivity index (χ2n) is 7.93. The minimum Gasteiger partial charge on any atom is -0.444 e. The molecule has 12 heteroatoms. The van der Waals surface area contributed by atoms with Gasteiger partial charge in [-0.3, -0.25) is 14.3 Å². The highest BCUT2D eigenvalue weighted by Gasteiger charge is 2.24. The highest BCUT2D eigenvalue weighted by Crippen LogP contribution is 2.25. The lowest BCUT2D eigenvalue weighted by Gasteiger charge is -2.22. The number of fused-ring (bicyclic) bond motifs is 6. The van der Waals surface area contributed by atoms with Gasteiger partial charge in [0.25, 0.3) is 11.8 Å². The van der Waals surface area contributed by atoms with Gasteiger partial charge in [-0.25, -0.2) is 9.97 Å². The Morgan fingerprint density at radius 2 is 1.79 bits per heavy atom. The van der Waals surface area contributed by atoms with E-state index in [1.807, 2.05) is 0 Å². The van der Waals surface area contributed by atoms with E-state index in [1.165, 1.54) is 6.26 Å². The van der Waals surface area contributed by atoms with Crippen molar-refractivity contribution in [2.75, 3.05) is 50.2 Å². The lowest BCUT2D eigenvalue weighted by atomic mass is 10.1. The normalized spacial score (nSPS) is 18.1. The number of ether oxygens (including phenoxy) is 2. The molecule has 1 saturated heterocycles. The molecule has 1 fully saturated rings. The Bertz CT molecular complexity index is 1170. The smallest absolute Gasteiger partial charge is 0.277 e. The van der Waals surface area contributed by atoms with Crippen LogP contribution in [-0.4, -0.2) is 71.1 Å². The number of pyridine rings is 1. The summed E-state index contributed by atoms with van der Waals surface area (Å²) in [5.41, 5.74) is 1.19. The van der Waals surface area contributed by atoms with Gasteiger partial charge in [-0.15, -0.1) is 0 Å². The Morgan fingerprint density at radius 3 is 2.65 bits per heavy atom. The number of oxazole rings is 1. The molecule has 178 valence electrons. The van der Waals surface area contributed by atoms with Crippen molar-refractivity contribution in [3.05, 3.63) is 42.2 Å². The van der Waals surface area contributed by atoms with Gasteiger partial charge in [-0.1, -0.05) is 0 Å². The van der Waals surface area contributed by atoms with E-state index < -0.39 is 11.8 Å². The molecule has 0 spiro atoms. The number of aromatic nitrogens is 4. The first-order valence-corrected chi connectivity index (χ1v) is 11.2. The molecule has 3 aromatic rings. The van der Waals surface area contributed by atoms with Crippen LogP contribution in [0.4, 0.5) is 11.5 Å². The average molecular weight is 467 g/mol. The predicted molar refractivity (Wildman–Crippen MR) is 121 cm³/mol. The summed E-state index contributed by atoms with van der Waals surface area (Å²) >= 11 is 0. The van der Waals surface area contributed by atoms with Crippen molar-refractivity contribution in [3.63, 3.8) is 0 Å². The first kappa shape index (κ1) is 22.0. The van der Waals surface area contributed by atoms with Gasteiger partial charge >= 0.3 is 0 Å². The van der Waals surface area contributed by atoms with E-state index in [0.29, 0.717) is 56.6 Å². The zero-order valence-corrected chi connectivity index (χ0v) is 18.5. The summed E-state index contributed by atoms with van der Waals surface area (Å²) in [5.74, 6) is 0.00475. The number of hydrogen-bond acceptors (Lipinski definition) is 9. The zero-order valence-electron chi connectivity index (χ0n) is 18.5. The summed E-state index contributed by atoms with van der Waals surface area (Å²) in [5, 5.41) is 13.2. The van der Waals surface area contributed by atoms with Crippen molar-refractivity contribution >= 4 is 23.3 Å². The van der Waals surface area contributed by atoms with Crippen molar-refractivity contribution in [3.8, 4) is 11.5 Å². The molecule has 12 nitrogen and oxygen atoms in total. The highest BCUT2D eigenvalue weighted by molar-refractivity contribution is 6.07.